The maximum atomic E-state index is 11.4. The van der Waals surface area contributed by atoms with Gasteiger partial charge in [0.15, 0.2) is 0 Å². The second-order valence-corrected chi connectivity index (χ2v) is 9.07. The SMILES string of the molecule is O=P(Cl)(Cl)N1CCC(N2CCCC2)CC1. The van der Waals surface area contributed by atoms with Gasteiger partial charge in [0, 0.05) is 19.1 Å². The number of hydrogen-bond acceptors (Lipinski definition) is 2. The molecule has 0 aliphatic carbocycles. The van der Waals surface area contributed by atoms with Crippen LogP contribution in [-0.2, 0) is 4.57 Å². The van der Waals surface area contributed by atoms with Gasteiger partial charge in [0.2, 0.25) is 0 Å². The Morgan fingerprint density at radius 2 is 1.53 bits per heavy atom. The fraction of sp³-hybridized carbons (Fsp3) is 1.00. The highest BCUT2D eigenvalue weighted by Gasteiger charge is 2.32. The number of halogens is 2. The summed E-state index contributed by atoms with van der Waals surface area (Å²) in [6.07, 6.45) is 4.74. The quantitative estimate of drug-likeness (QED) is 0.721. The van der Waals surface area contributed by atoms with E-state index in [2.05, 4.69) is 4.90 Å². The van der Waals surface area contributed by atoms with Crippen molar-refractivity contribution in [3.05, 3.63) is 0 Å². The molecule has 0 radical (unpaired) electrons. The number of likely N-dealkylation sites (tertiary alicyclic amines) is 1. The zero-order valence-electron chi connectivity index (χ0n) is 8.74. The highest BCUT2D eigenvalue weighted by Crippen LogP contribution is 2.60. The number of piperidine rings is 1. The Hall–Kier alpha value is 0.730. The van der Waals surface area contributed by atoms with E-state index >= 15 is 0 Å². The van der Waals surface area contributed by atoms with Crippen molar-refractivity contribution in [2.45, 2.75) is 31.7 Å². The second-order valence-electron chi connectivity index (χ2n) is 4.36. The minimum atomic E-state index is -3.04. The van der Waals surface area contributed by atoms with Gasteiger partial charge in [0.1, 0.15) is 0 Å². The number of hydrogen-bond donors (Lipinski definition) is 0. The van der Waals surface area contributed by atoms with Crippen LogP contribution >= 0.6 is 28.5 Å². The molecule has 2 aliphatic rings. The standard InChI is InChI=1S/C9H17Cl2N2OP/c10-15(11,14)13-7-3-9(4-8-13)12-5-1-2-6-12/h9H,1-8H2. The van der Waals surface area contributed by atoms with Crippen molar-refractivity contribution < 1.29 is 4.57 Å². The molecular weight excluding hydrogens is 254 g/mol. The Kier molecular flexibility index (Phi) is 4.01. The Bertz CT molecular complexity index is 257. The van der Waals surface area contributed by atoms with Crippen LogP contribution in [0, 0.1) is 0 Å². The molecule has 0 bridgehead atoms. The summed E-state index contributed by atoms with van der Waals surface area (Å²) in [6.45, 7) is 3.99. The first-order valence-electron chi connectivity index (χ1n) is 5.56. The second kappa shape index (κ2) is 4.93. The maximum absolute atomic E-state index is 11.4. The van der Waals surface area contributed by atoms with Crippen LogP contribution in [0.3, 0.4) is 0 Å². The van der Waals surface area contributed by atoms with Gasteiger partial charge in [-0.25, -0.2) is 4.67 Å². The zero-order chi connectivity index (χ0) is 10.9. The lowest BCUT2D eigenvalue weighted by molar-refractivity contribution is 0.169. The summed E-state index contributed by atoms with van der Waals surface area (Å²) < 4.78 is 13.2. The molecule has 0 unspecified atom stereocenters. The summed E-state index contributed by atoms with van der Waals surface area (Å²) in [4.78, 5) is 2.55. The first-order chi connectivity index (χ1) is 7.07. The topological polar surface area (TPSA) is 23.6 Å². The summed E-state index contributed by atoms with van der Waals surface area (Å²) in [6, 6.07) is 0.656. The van der Waals surface area contributed by atoms with Crippen LogP contribution in [0.25, 0.3) is 0 Å². The largest absolute Gasteiger partial charge is 0.322 e. The Morgan fingerprint density at radius 3 is 2.00 bits per heavy atom. The monoisotopic (exact) mass is 270 g/mol. The van der Waals surface area contributed by atoms with E-state index in [0.29, 0.717) is 6.04 Å². The predicted molar refractivity (Wildman–Crippen MR) is 64.7 cm³/mol. The van der Waals surface area contributed by atoms with Gasteiger partial charge < -0.3 is 4.90 Å². The zero-order valence-corrected chi connectivity index (χ0v) is 11.1. The molecule has 2 heterocycles. The molecule has 0 aromatic carbocycles. The van der Waals surface area contributed by atoms with Gasteiger partial charge in [0.25, 0.3) is 0 Å². The van der Waals surface area contributed by atoms with Crippen molar-refractivity contribution >= 4 is 28.5 Å². The van der Waals surface area contributed by atoms with Gasteiger partial charge in [-0.2, -0.15) is 0 Å². The lowest BCUT2D eigenvalue weighted by atomic mass is 10.1. The third-order valence-corrected chi connectivity index (χ3v) is 5.77. The molecular formula is C9H17Cl2N2OP. The van der Waals surface area contributed by atoms with E-state index in [1.54, 1.807) is 4.67 Å². The molecule has 0 atom stereocenters. The molecule has 0 aromatic heterocycles. The molecule has 0 amide bonds. The molecule has 0 aromatic rings. The predicted octanol–water partition coefficient (Wildman–Crippen LogP) is 3.13. The van der Waals surface area contributed by atoms with Crippen molar-refractivity contribution in [1.29, 1.82) is 0 Å². The van der Waals surface area contributed by atoms with Gasteiger partial charge in [-0.15, -0.1) is 0 Å². The molecule has 2 rings (SSSR count). The molecule has 2 fully saturated rings. The van der Waals surface area contributed by atoms with Crippen molar-refractivity contribution in [3.8, 4) is 0 Å². The van der Waals surface area contributed by atoms with E-state index in [1.165, 1.54) is 25.9 Å². The lowest BCUT2D eigenvalue weighted by Crippen LogP contribution is -2.41. The summed E-state index contributed by atoms with van der Waals surface area (Å²) in [5.41, 5.74) is 0. The van der Waals surface area contributed by atoms with Crippen molar-refractivity contribution in [2.24, 2.45) is 0 Å². The van der Waals surface area contributed by atoms with Gasteiger partial charge in [-0.05, 0) is 61.3 Å². The van der Waals surface area contributed by atoms with Crippen LogP contribution < -0.4 is 0 Å². The fourth-order valence-corrected chi connectivity index (χ4v) is 4.16. The first-order valence-corrected chi connectivity index (χ1v) is 9.03. The van der Waals surface area contributed by atoms with Gasteiger partial charge in [-0.1, -0.05) is 0 Å². The molecule has 2 aliphatic heterocycles. The smallest absolute Gasteiger partial charge is 0.300 e. The van der Waals surface area contributed by atoms with Gasteiger partial charge in [0.05, 0.1) is 0 Å². The van der Waals surface area contributed by atoms with E-state index in [1.807, 2.05) is 0 Å². The highest BCUT2D eigenvalue weighted by atomic mass is 35.9. The van der Waals surface area contributed by atoms with Crippen molar-refractivity contribution in [1.82, 2.24) is 9.57 Å². The minimum absolute atomic E-state index is 0.656. The van der Waals surface area contributed by atoms with Gasteiger partial charge >= 0.3 is 6.00 Å². The highest BCUT2D eigenvalue weighted by molar-refractivity contribution is 8.06. The molecule has 15 heavy (non-hydrogen) atoms. The lowest BCUT2D eigenvalue weighted by Gasteiger charge is -2.36. The number of nitrogens with zero attached hydrogens (tertiary/aromatic N) is 2. The molecule has 6 heteroatoms. The average Bonchev–Trinajstić information content (AvgIpc) is 2.69. The van der Waals surface area contributed by atoms with Crippen LogP contribution in [-0.4, -0.2) is 41.8 Å². The van der Waals surface area contributed by atoms with Crippen LogP contribution in [0.1, 0.15) is 25.7 Å². The molecule has 3 nitrogen and oxygen atoms in total. The maximum Gasteiger partial charge on any atom is 0.322 e. The van der Waals surface area contributed by atoms with E-state index in [0.717, 1.165) is 25.9 Å². The summed E-state index contributed by atoms with van der Waals surface area (Å²) in [7, 11) is 0. The third-order valence-electron chi connectivity index (χ3n) is 3.43. The summed E-state index contributed by atoms with van der Waals surface area (Å²) in [5, 5.41) is 0. The van der Waals surface area contributed by atoms with Crippen molar-refractivity contribution in [3.63, 3.8) is 0 Å². The average molecular weight is 271 g/mol. The Balaban J connectivity index is 1.84. The Labute approximate surface area is 101 Å². The van der Waals surface area contributed by atoms with Crippen LogP contribution in [0.4, 0.5) is 0 Å². The summed E-state index contributed by atoms with van der Waals surface area (Å²) in [5.74, 6) is -3.04. The van der Waals surface area contributed by atoms with Crippen LogP contribution in [0.15, 0.2) is 0 Å². The summed E-state index contributed by atoms with van der Waals surface area (Å²) >= 11 is 11.3. The minimum Gasteiger partial charge on any atom is -0.300 e. The Morgan fingerprint density at radius 1 is 1.00 bits per heavy atom. The van der Waals surface area contributed by atoms with E-state index in [9.17, 15) is 4.57 Å². The molecule has 0 spiro atoms. The molecule has 2 saturated heterocycles. The first kappa shape index (κ1) is 12.2. The van der Waals surface area contributed by atoms with Gasteiger partial charge in [-0.3, -0.25) is 4.57 Å². The molecule has 0 N–H and O–H groups in total. The normalized spacial score (nSPS) is 27.3. The van der Waals surface area contributed by atoms with E-state index < -0.39 is 6.00 Å². The van der Waals surface area contributed by atoms with Crippen LogP contribution in [0.2, 0.25) is 0 Å². The van der Waals surface area contributed by atoms with Crippen LogP contribution in [0.5, 0.6) is 0 Å². The number of rotatable bonds is 2. The molecule has 88 valence electrons. The van der Waals surface area contributed by atoms with Crippen molar-refractivity contribution in [2.75, 3.05) is 26.2 Å². The van der Waals surface area contributed by atoms with E-state index in [-0.39, 0.29) is 0 Å². The fourth-order valence-electron chi connectivity index (χ4n) is 2.56. The van der Waals surface area contributed by atoms with E-state index in [4.69, 9.17) is 22.5 Å². The third kappa shape index (κ3) is 3.10. The molecule has 0 saturated carbocycles.